The van der Waals surface area contributed by atoms with Crippen molar-refractivity contribution >= 4 is 11.5 Å². The lowest BCUT2D eigenvalue weighted by atomic mass is 9.89. The van der Waals surface area contributed by atoms with Crippen molar-refractivity contribution in [2.75, 3.05) is 5.32 Å². The zero-order valence-corrected chi connectivity index (χ0v) is 15.2. The maximum absolute atomic E-state index is 13.8. The number of hydrogen-bond acceptors (Lipinski definition) is 5. The second-order valence-electron chi connectivity index (χ2n) is 6.76. The average Bonchev–Trinajstić information content (AvgIpc) is 3.15. The third-order valence-electron chi connectivity index (χ3n) is 4.90. The number of nitrogens with one attached hydrogen (secondary N) is 1. The summed E-state index contributed by atoms with van der Waals surface area (Å²) < 4.78 is 15.5. The third kappa shape index (κ3) is 2.90. The quantitative estimate of drug-likeness (QED) is 0.588. The standard InChI is InChI=1S/C21H17FN6/c1-13-25-12-28(27-13)17-4-2-3-16(10-17)26-21-18-8-6-14-5-7-15(22)9-19(14)20(18)23-11-24-21/h2-5,7,9-12H,6,8H2,1H3,(H,23,24,26). The monoisotopic (exact) mass is 372 g/mol. The molecule has 0 saturated carbocycles. The molecule has 2 aromatic heterocycles. The number of aryl methyl sites for hydroxylation is 2. The molecule has 1 aliphatic rings. The fraction of sp³-hybridized carbons (Fsp3) is 0.143. The van der Waals surface area contributed by atoms with E-state index in [9.17, 15) is 4.39 Å². The molecule has 0 radical (unpaired) electrons. The van der Waals surface area contributed by atoms with Crippen molar-refractivity contribution in [3.8, 4) is 16.9 Å². The van der Waals surface area contributed by atoms with Gasteiger partial charge in [-0.15, -0.1) is 0 Å². The molecule has 1 N–H and O–H groups in total. The molecule has 28 heavy (non-hydrogen) atoms. The summed E-state index contributed by atoms with van der Waals surface area (Å²) in [6, 6.07) is 12.8. The zero-order chi connectivity index (χ0) is 19.1. The van der Waals surface area contributed by atoms with E-state index < -0.39 is 0 Å². The molecule has 138 valence electrons. The van der Waals surface area contributed by atoms with Crippen LogP contribution in [0.5, 0.6) is 0 Å². The highest BCUT2D eigenvalue weighted by Crippen LogP contribution is 2.36. The zero-order valence-electron chi connectivity index (χ0n) is 15.2. The molecule has 0 saturated heterocycles. The van der Waals surface area contributed by atoms with Crippen molar-refractivity contribution in [1.29, 1.82) is 0 Å². The maximum Gasteiger partial charge on any atom is 0.147 e. The second-order valence-corrected chi connectivity index (χ2v) is 6.76. The number of fused-ring (bicyclic) bond motifs is 3. The number of halogens is 1. The van der Waals surface area contributed by atoms with Gasteiger partial charge in [0.05, 0.1) is 11.4 Å². The van der Waals surface area contributed by atoms with Gasteiger partial charge >= 0.3 is 0 Å². The Balaban J connectivity index is 1.52. The Labute approximate surface area is 161 Å². The normalized spacial score (nSPS) is 12.4. The molecule has 5 rings (SSSR count). The predicted octanol–water partition coefficient (Wildman–Crippen LogP) is 4.01. The Kier molecular flexibility index (Phi) is 3.86. The lowest BCUT2D eigenvalue weighted by Crippen LogP contribution is -2.10. The highest BCUT2D eigenvalue weighted by Gasteiger charge is 2.21. The van der Waals surface area contributed by atoms with E-state index in [4.69, 9.17) is 0 Å². The van der Waals surface area contributed by atoms with Crippen molar-refractivity contribution in [3.63, 3.8) is 0 Å². The molecule has 0 spiro atoms. The van der Waals surface area contributed by atoms with Gasteiger partial charge in [0.2, 0.25) is 0 Å². The summed E-state index contributed by atoms with van der Waals surface area (Å²) in [5, 5.41) is 7.74. The van der Waals surface area contributed by atoms with Crippen molar-refractivity contribution in [1.82, 2.24) is 24.7 Å². The summed E-state index contributed by atoms with van der Waals surface area (Å²) in [6.07, 6.45) is 4.85. The van der Waals surface area contributed by atoms with Gasteiger partial charge in [-0.2, -0.15) is 5.10 Å². The number of benzene rings is 2. The number of hydrogen-bond donors (Lipinski definition) is 1. The van der Waals surface area contributed by atoms with Crippen LogP contribution in [0.1, 0.15) is 17.0 Å². The van der Waals surface area contributed by atoms with E-state index in [0.29, 0.717) is 5.82 Å². The molecular weight excluding hydrogens is 355 g/mol. The highest BCUT2D eigenvalue weighted by molar-refractivity contribution is 5.75. The fourth-order valence-corrected chi connectivity index (χ4v) is 3.57. The summed E-state index contributed by atoms with van der Waals surface area (Å²) in [5.41, 5.74) is 5.54. The van der Waals surface area contributed by atoms with Crippen molar-refractivity contribution in [3.05, 3.63) is 77.9 Å². The van der Waals surface area contributed by atoms with Crippen LogP contribution in [0, 0.1) is 12.7 Å². The summed E-state index contributed by atoms with van der Waals surface area (Å²) in [4.78, 5) is 13.0. The first-order chi connectivity index (χ1) is 13.7. The molecule has 0 atom stereocenters. The molecule has 2 heterocycles. The van der Waals surface area contributed by atoms with E-state index in [0.717, 1.165) is 52.4 Å². The van der Waals surface area contributed by atoms with E-state index in [2.05, 4.69) is 25.4 Å². The molecule has 4 aromatic rings. The van der Waals surface area contributed by atoms with Gasteiger partial charge in [0.1, 0.15) is 30.1 Å². The minimum Gasteiger partial charge on any atom is -0.340 e. The fourth-order valence-electron chi connectivity index (χ4n) is 3.57. The topological polar surface area (TPSA) is 68.5 Å². The Hall–Kier alpha value is -3.61. The Morgan fingerprint density at radius 2 is 1.96 bits per heavy atom. The molecule has 0 aliphatic heterocycles. The van der Waals surface area contributed by atoms with Crippen LogP contribution >= 0.6 is 0 Å². The van der Waals surface area contributed by atoms with Gasteiger partial charge in [0.15, 0.2) is 0 Å². The number of nitrogens with zero attached hydrogens (tertiary/aromatic N) is 5. The summed E-state index contributed by atoms with van der Waals surface area (Å²) in [6.45, 7) is 1.85. The summed E-state index contributed by atoms with van der Waals surface area (Å²) in [7, 11) is 0. The smallest absolute Gasteiger partial charge is 0.147 e. The summed E-state index contributed by atoms with van der Waals surface area (Å²) in [5.74, 6) is 1.21. The van der Waals surface area contributed by atoms with Crippen molar-refractivity contribution < 1.29 is 4.39 Å². The van der Waals surface area contributed by atoms with Crippen LogP contribution in [0.2, 0.25) is 0 Å². The molecular formula is C21H17FN6. The van der Waals surface area contributed by atoms with E-state index >= 15 is 0 Å². The first kappa shape index (κ1) is 16.6. The highest BCUT2D eigenvalue weighted by atomic mass is 19.1. The van der Waals surface area contributed by atoms with Gasteiger partial charge in [-0.05, 0) is 55.7 Å². The lowest BCUT2D eigenvalue weighted by molar-refractivity contribution is 0.627. The molecule has 7 heteroatoms. The van der Waals surface area contributed by atoms with Crippen LogP contribution in [0.4, 0.5) is 15.9 Å². The van der Waals surface area contributed by atoms with Gasteiger partial charge in [-0.3, -0.25) is 0 Å². The largest absolute Gasteiger partial charge is 0.340 e. The van der Waals surface area contributed by atoms with E-state index in [1.54, 1.807) is 17.1 Å². The SMILES string of the molecule is Cc1ncn(-c2cccc(Nc3ncnc4c3CCc3ccc(F)cc3-4)c2)n1. The first-order valence-corrected chi connectivity index (χ1v) is 9.06. The van der Waals surface area contributed by atoms with Gasteiger partial charge in [-0.1, -0.05) is 12.1 Å². The third-order valence-corrected chi connectivity index (χ3v) is 4.90. The van der Waals surface area contributed by atoms with Crippen molar-refractivity contribution in [2.45, 2.75) is 19.8 Å². The van der Waals surface area contributed by atoms with E-state index in [1.165, 1.54) is 12.4 Å². The maximum atomic E-state index is 13.8. The first-order valence-electron chi connectivity index (χ1n) is 9.06. The molecule has 0 unspecified atom stereocenters. The molecule has 6 nitrogen and oxygen atoms in total. The van der Waals surface area contributed by atoms with E-state index in [-0.39, 0.29) is 5.82 Å². The predicted molar refractivity (Wildman–Crippen MR) is 104 cm³/mol. The lowest BCUT2D eigenvalue weighted by Gasteiger charge is -2.21. The molecule has 0 fully saturated rings. The summed E-state index contributed by atoms with van der Waals surface area (Å²) >= 11 is 0. The number of rotatable bonds is 3. The van der Waals surface area contributed by atoms with Gasteiger partial charge < -0.3 is 5.32 Å². The van der Waals surface area contributed by atoms with Gasteiger partial charge in [-0.25, -0.2) is 24.0 Å². The van der Waals surface area contributed by atoms with Crippen LogP contribution in [0.15, 0.2) is 55.1 Å². The molecule has 0 amide bonds. The van der Waals surface area contributed by atoms with Gasteiger partial charge in [0.25, 0.3) is 0 Å². The van der Waals surface area contributed by atoms with Crippen molar-refractivity contribution in [2.24, 2.45) is 0 Å². The number of anilines is 2. The minimum absolute atomic E-state index is 0.254. The molecule has 2 aromatic carbocycles. The van der Waals surface area contributed by atoms with Crippen LogP contribution in [0.3, 0.4) is 0 Å². The second kappa shape index (κ2) is 6.53. The Bertz CT molecular complexity index is 1180. The van der Waals surface area contributed by atoms with Gasteiger partial charge in [0, 0.05) is 16.8 Å². The Morgan fingerprint density at radius 3 is 2.82 bits per heavy atom. The van der Waals surface area contributed by atoms with Crippen LogP contribution < -0.4 is 5.32 Å². The minimum atomic E-state index is -0.254. The van der Waals surface area contributed by atoms with Crippen LogP contribution in [0.25, 0.3) is 16.9 Å². The van der Waals surface area contributed by atoms with Crippen LogP contribution in [-0.2, 0) is 12.8 Å². The molecule has 0 bridgehead atoms. The van der Waals surface area contributed by atoms with E-state index in [1.807, 2.05) is 37.3 Å². The average molecular weight is 372 g/mol. The number of aromatic nitrogens is 5. The molecule has 1 aliphatic carbocycles. The Morgan fingerprint density at radius 1 is 1.04 bits per heavy atom. The van der Waals surface area contributed by atoms with Crippen LogP contribution in [-0.4, -0.2) is 24.7 Å².